The van der Waals surface area contributed by atoms with Gasteiger partial charge < -0.3 is 0 Å². The first-order valence-corrected chi connectivity index (χ1v) is 7.41. The second-order valence-corrected chi connectivity index (χ2v) is 5.50. The largest absolute Gasteiger partial charge is 0.293 e. The van der Waals surface area contributed by atoms with Gasteiger partial charge in [0.05, 0.1) is 11.4 Å². The Morgan fingerprint density at radius 2 is 1.30 bits per heavy atom. The van der Waals surface area contributed by atoms with Crippen LogP contribution in [0, 0.1) is 5.92 Å². The highest BCUT2D eigenvalue weighted by molar-refractivity contribution is 6.36. The molecule has 23 heavy (non-hydrogen) atoms. The molecule has 0 radical (unpaired) electrons. The Labute approximate surface area is 134 Å². The van der Waals surface area contributed by atoms with Crippen LogP contribution in [-0.2, 0) is 0 Å². The fourth-order valence-corrected chi connectivity index (χ4v) is 2.67. The summed E-state index contributed by atoms with van der Waals surface area (Å²) in [6.45, 7) is 3.52. The van der Waals surface area contributed by atoms with Gasteiger partial charge in [-0.05, 0) is 19.4 Å². The van der Waals surface area contributed by atoms with Gasteiger partial charge in [0.1, 0.15) is 5.92 Å². The standard InChI is InChI=1S/C19H16N2O2/c1-12(14-8-4-3-5-9-14)20-21-13(2)17-18(22)15-10-6-7-11-16(15)19(17)23/h3-11,17H,1-2H3/b20-12+,21-13+. The molecule has 0 saturated heterocycles. The van der Waals surface area contributed by atoms with E-state index < -0.39 is 5.92 Å². The van der Waals surface area contributed by atoms with E-state index in [1.807, 2.05) is 37.3 Å². The Bertz CT molecular complexity index is 800. The number of carbonyl (C=O) groups is 2. The third kappa shape index (κ3) is 2.75. The maximum absolute atomic E-state index is 12.4. The SMILES string of the molecule is C/C(=N\N=C(/C)C1C(=O)c2ccccc2C1=O)c1ccccc1. The molecule has 0 amide bonds. The second-order valence-electron chi connectivity index (χ2n) is 5.50. The molecule has 4 heteroatoms. The fraction of sp³-hybridized carbons (Fsp3) is 0.158. The molecule has 2 aromatic carbocycles. The molecule has 0 fully saturated rings. The van der Waals surface area contributed by atoms with Crippen LogP contribution in [0.1, 0.15) is 40.1 Å². The van der Waals surface area contributed by atoms with Crippen LogP contribution in [0.25, 0.3) is 0 Å². The number of rotatable bonds is 3. The predicted octanol–water partition coefficient (Wildman–Crippen LogP) is 3.57. The third-order valence-corrected chi connectivity index (χ3v) is 3.95. The van der Waals surface area contributed by atoms with Crippen molar-refractivity contribution in [1.29, 1.82) is 0 Å². The van der Waals surface area contributed by atoms with Gasteiger partial charge in [-0.15, -0.1) is 0 Å². The minimum absolute atomic E-state index is 0.195. The van der Waals surface area contributed by atoms with E-state index in [1.165, 1.54) is 0 Å². The summed E-state index contributed by atoms with van der Waals surface area (Å²) < 4.78 is 0. The molecule has 0 atom stereocenters. The van der Waals surface area contributed by atoms with Gasteiger partial charge in [-0.1, -0.05) is 54.6 Å². The minimum atomic E-state index is -0.847. The summed E-state index contributed by atoms with van der Waals surface area (Å²) in [6, 6.07) is 16.5. The molecule has 0 unspecified atom stereocenters. The molecule has 4 nitrogen and oxygen atoms in total. The summed E-state index contributed by atoms with van der Waals surface area (Å²) in [6.07, 6.45) is 0. The van der Waals surface area contributed by atoms with E-state index in [-0.39, 0.29) is 11.6 Å². The zero-order valence-electron chi connectivity index (χ0n) is 13.0. The van der Waals surface area contributed by atoms with Gasteiger partial charge in [0.2, 0.25) is 0 Å². The highest BCUT2D eigenvalue weighted by atomic mass is 16.2. The van der Waals surface area contributed by atoms with Crippen molar-refractivity contribution in [2.45, 2.75) is 13.8 Å². The van der Waals surface area contributed by atoms with Crippen LogP contribution in [0.2, 0.25) is 0 Å². The van der Waals surface area contributed by atoms with E-state index >= 15 is 0 Å². The van der Waals surface area contributed by atoms with E-state index in [2.05, 4.69) is 10.2 Å². The van der Waals surface area contributed by atoms with Gasteiger partial charge in [0, 0.05) is 11.1 Å². The third-order valence-electron chi connectivity index (χ3n) is 3.95. The predicted molar refractivity (Wildman–Crippen MR) is 90.4 cm³/mol. The highest BCUT2D eigenvalue weighted by Crippen LogP contribution is 2.27. The van der Waals surface area contributed by atoms with Crippen molar-refractivity contribution < 1.29 is 9.59 Å². The number of hydrogen-bond donors (Lipinski definition) is 0. The van der Waals surface area contributed by atoms with Gasteiger partial charge in [-0.2, -0.15) is 10.2 Å². The van der Waals surface area contributed by atoms with Crippen molar-refractivity contribution in [3.63, 3.8) is 0 Å². The molecule has 0 aromatic heterocycles. The topological polar surface area (TPSA) is 58.9 Å². The van der Waals surface area contributed by atoms with Crippen LogP contribution in [0.3, 0.4) is 0 Å². The van der Waals surface area contributed by atoms with Crippen LogP contribution < -0.4 is 0 Å². The normalized spacial score (nSPS) is 15.9. The highest BCUT2D eigenvalue weighted by Gasteiger charge is 2.40. The van der Waals surface area contributed by atoms with E-state index in [0.717, 1.165) is 11.3 Å². The number of Topliss-reactive ketones (excluding diaryl/α,β-unsaturated/α-hetero) is 2. The van der Waals surface area contributed by atoms with Crippen molar-refractivity contribution in [3.05, 3.63) is 71.3 Å². The lowest BCUT2D eigenvalue weighted by molar-refractivity contribution is 0.0883. The Balaban J connectivity index is 1.88. The molecule has 0 aliphatic heterocycles. The quantitative estimate of drug-likeness (QED) is 0.494. The van der Waals surface area contributed by atoms with E-state index in [1.54, 1.807) is 31.2 Å². The number of benzene rings is 2. The smallest absolute Gasteiger partial charge is 0.180 e. The number of nitrogens with zero attached hydrogens (tertiary/aromatic N) is 2. The van der Waals surface area contributed by atoms with Gasteiger partial charge in [0.15, 0.2) is 11.6 Å². The monoisotopic (exact) mass is 304 g/mol. The summed E-state index contributed by atoms with van der Waals surface area (Å²) in [7, 11) is 0. The Morgan fingerprint density at radius 1 is 0.783 bits per heavy atom. The lowest BCUT2D eigenvalue weighted by Gasteiger charge is -2.05. The average Bonchev–Trinajstić information content (AvgIpc) is 2.85. The molecular formula is C19H16N2O2. The maximum atomic E-state index is 12.4. The van der Waals surface area contributed by atoms with Crippen LogP contribution in [0.4, 0.5) is 0 Å². The van der Waals surface area contributed by atoms with Gasteiger partial charge in [-0.25, -0.2) is 0 Å². The van der Waals surface area contributed by atoms with Gasteiger partial charge in [-0.3, -0.25) is 9.59 Å². The van der Waals surface area contributed by atoms with Crippen LogP contribution in [0.5, 0.6) is 0 Å². The zero-order valence-corrected chi connectivity index (χ0v) is 13.0. The van der Waals surface area contributed by atoms with Crippen molar-refractivity contribution in [3.8, 4) is 0 Å². The van der Waals surface area contributed by atoms with Crippen molar-refractivity contribution in [1.82, 2.24) is 0 Å². The summed E-state index contributed by atoms with van der Waals surface area (Å²) in [5.74, 6) is -1.24. The van der Waals surface area contributed by atoms with Crippen molar-refractivity contribution in [2.24, 2.45) is 16.1 Å². The number of ketones is 2. The Morgan fingerprint density at radius 3 is 1.87 bits per heavy atom. The van der Waals surface area contributed by atoms with Gasteiger partial charge in [0.25, 0.3) is 0 Å². The van der Waals surface area contributed by atoms with Crippen LogP contribution in [-0.4, -0.2) is 23.0 Å². The molecular weight excluding hydrogens is 288 g/mol. The van der Waals surface area contributed by atoms with E-state index in [4.69, 9.17) is 0 Å². The lowest BCUT2D eigenvalue weighted by atomic mass is 9.99. The zero-order chi connectivity index (χ0) is 16.4. The molecule has 1 aliphatic carbocycles. The Kier molecular flexibility index (Phi) is 3.98. The average molecular weight is 304 g/mol. The molecule has 0 N–H and O–H groups in total. The minimum Gasteiger partial charge on any atom is -0.293 e. The molecule has 0 bridgehead atoms. The number of fused-ring (bicyclic) bond motifs is 1. The van der Waals surface area contributed by atoms with Crippen LogP contribution in [0.15, 0.2) is 64.8 Å². The Hall–Kier alpha value is -2.88. The van der Waals surface area contributed by atoms with Crippen molar-refractivity contribution in [2.75, 3.05) is 0 Å². The second kappa shape index (κ2) is 6.08. The molecule has 0 saturated carbocycles. The van der Waals surface area contributed by atoms with E-state index in [0.29, 0.717) is 16.8 Å². The fourth-order valence-electron chi connectivity index (χ4n) is 2.67. The lowest BCUT2D eigenvalue weighted by Crippen LogP contribution is -2.23. The molecule has 0 heterocycles. The first-order valence-electron chi connectivity index (χ1n) is 7.41. The maximum Gasteiger partial charge on any atom is 0.180 e. The summed E-state index contributed by atoms with van der Waals surface area (Å²) >= 11 is 0. The molecule has 2 aromatic rings. The summed E-state index contributed by atoms with van der Waals surface area (Å²) in [5.41, 5.74) is 3.06. The molecule has 1 aliphatic rings. The van der Waals surface area contributed by atoms with Gasteiger partial charge >= 0.3 is 0 Å². The van der Waals surface area contributed by atoms with Crippen LogP contribution >= 0.6 is 0 Å². The summed E-state index contributed by atoms with van der Waals surface area (Å²) in [5, 5.41) is 8.30. The summed E-state index contributed by atoms with van der Waals surface area (Å²) in [4.78, 5) is 24.8. The molecule has 3 rings (SSSR count). The van der Waals surface area contributed by atoms with E-state index in [9.17, 15) is 9.59 Å². The molecule has 0 spiro atoms. The first kappa shape index (κ1) is 15.0. The first-order chi connectivity index (χ1) is 11.1. The van der Waals surface area contributed by atoms with Crippen molar-refractivity contribution >= 4 is 23.0 Å². The number of hydrogen-bond acceptors (Lipinski definition) is 4. The molecule has 114 valence electrons. The number of carbonyl (C=O) groups excluding carboxylic acids is 2.